The van der Waals surface area contributed by atoms with Crippen molar-refractivity contribution in [3.63, 3.8) is 0 Å². The molecule has 5 nitrogen and oxygen atoms in total. The lowest BCUT2D eigenvalue weighted by Crippen LogP contribution is -2.43. The first-order valence-corrected chi connectivity index (χ1v) is 12.3. The van der Waals surface area contributed by atoms with Gasteiger partial charge >= 0.3 is 6.18 Å². The third-order valence-electron chi connectivity index (χ3n) is 7.10. The van der Waals surface area contributed by atoms with Crippen molar-refractivity contribution >= 4 is 11.8 Å². The minimum absolute atomic E-state index is 0. The number of carbonyl (C=O) groups excluding carboxylic acids is 2. The summed E-state index contributed by atoms with van der Waals surface area (Å²) in [6, 6.07) is 17.3. The normalized spacial score (nSPS) is 23.6. The van der Waals surface area contributed by atoms with Gasteiger partial charge in [-0.1, -0.05) is 61.7 Å². The number of fused-ring (bicyclic) bond motifs is 1. The average Bonchev–Trinajstić information content (AvgIpc) is 3.30. The highest BCUT2D eigenvalue weighted by atomic mass is 19.4. The molecule has 194 valence electrons. The Hall–Kier alpha value is -2.87. The molecule has 1 heterocycles. The summed E-state index contributed by atoms with van der Waals surface area (Å²) in [6.07, 6.45) is 1.86. The second-order valence-electron chi connectivity index (χ2n) is 9.57. The molecule has 1 aliphatic heterocycles. The molecular weight excluding hydrogens is 455 g/mol. The van der Waals surface area contributed by atoms with Crippen LogP contribution in [0.1, 0.15) is 52.3 Å². The van der Waals surface area contributed by atoms with Crippen LogP contribution in [0.5, 0.6) is 0 Å². The molecule has 0 spiro atoms. The Kier molecular flexibility index (Phi) is 8.11. The summed E-state index contributed by atoms with van der Waals surface area (Å²) in [5.41, 5.74) is -0.985. The molecule has 2 aromatic carbocycles. The summed E-state index contributed by atoms with van der Waals surface area (Å²) >= 11 is 0. The zero-order chi connectivity index (χ0) is 24.8. The number of halogens is 3. The van der Waals surface area contributed by atoms with E-state index in [1.807, 2.05) is 36.4 Å². The molecule has 1 saturated heterocycles. The van der Waals surface area contributed by atoms with Crippen LogP contribution in [0, 0.1) is 11.8 Å². The van der Waals surface area contributed by atoms with Crippen molar-refractivity contribution in [2.24, 2.45) is 11.8 Å². The Morgan fingerprint density at radius 1 is 0.914 bits per heavy atom. The lowest BCUT2D eigenvalue weighted by molar-refractivity contribution is -0.137. The highest BCUT2D eigenvalue weighted by Crippen LogP contribution is 2.46. The van der Waals surface area contributed by atoms with Crippen LogP contribution in [-0.2, 0) is 11.0 Å². The SMILES string of the molecule is O=C(NCC(=O)N1CC2C(NC3CCCCC3)[C@@H]2C1)c1cccc(C(F)(F)F)c1.[HH].[HH].[HH].c1ccccc1. The number of rotatable bonds is 5. The molecule has 2 N–H and O–H groups in total. The third-order valence-corrected chi connectivity index (χ3v) is 7.10. The molecule has 5 rings (SSSR count). The smallest absolute Gasteiger partial charge is 0.343 e. The van der Waals surface area contributed by atoms with Gasteiger partial charge in [-0.2, -0.15) is 13.2 Å². The second-order valence-corrected chi connectivity index (χ2v) is 9.57. The molecule has 0 aromatic heterocycles. The molecule has 2 aromatic rings. The molecule has 2 aliphatic carbocycles. The first-order valence-electron chi connectivity index (χ1n) is 12.3. The van der Waals surface area contributed by atoms with Gasteiger partial charge in [-0.05, 0) is 42.9 Å². The number of nitrogens with one attached hydrogen (secondary N) is 2. The molecule has 2 amide bonds. The van der Waals surface area contributed by atoms with Crippen LogP contribution in [0.4, 0.5) is 13.2 Å². The summed E-state index contributed by atoms with van der Waals surface area (Å²) in [4.78, 5) is 26.3. The molecule has 0 bridgehead atoms. The van der Waals surface area contributed by atoms with Gasteiger partial charge in [0, 0.05) is 35.0 Å². The van der Waals surface area contributed by atoms with E-state index in [1.165, 1.54) is 44.2 Å². The van der Waals surface area contributed by atoms with E-state index in [0.29, 0.717) is 37.0 Å². The Morgan fingerprint density at radius 2 is 1.51 bits per heavy atom. The molecule has 8 heteroatoms. The maximum Gasteiger partial charge on any atom is 0.416 e. The number of carbonyl (C=O) groups is 2. The summed E-state index contributed by atoms with van der Waals surface area (Å²) in [7, 11) is 0. The second kappa shape index (κ2) is 11.2. The van der Waals surface area contributed by atoms with Crippen LogP contribution < -0.4 is 10.6 Å². The Morgan fingerprint density at radius 3 is 2.09 bits per heavy atom. The van der Waals surface area contributed by atoms with Gasteiger partial charge in [0.05, 0.1) is 12.1 Å². The van der Waals surface area contributed by atoms with Crippen molar-refractivity contribution in [3.8, 4) is 0 Å². The highest BCUT2D eigenvalue weighted by Gasteiger charge is 2.56. The predicted molar refractivity (Wildman–Crippen MR) is 134 cm³/mol. The molecule has 35 heavy (non-hydrogen) atoms. The highest BCUT2D eigenvalue weighted by molar-refractivity contribution is 5.96. The number of nitrogens with zero attached hydrogens (tertiary/aromatic N) is 1. The maximum absolute atomic E-state index is 12.8. The molecular formula is C27H38F3N3O2. The van der Waals surface area contributed by atoms with E-state index in [4.69, 9.17) is 0 Å². The van der Waals surface area contributed by atoms with Crippen LogP contribution in [0.15, 0.2) is 60.7 Å². The number of benzene rings is 2. The van der Waals surface area contributed by atoms with Crippen LogP contribution in [0.25, 0.3) is 0 Å². The van der Waals surface area contributed by atoms with E-state index in [2.05, 4.69) is 10.6 Å². The van der Waals surface area contributed by atoms with Crippen LogP contribution in [-0.4, -0.2) is 48.4 Å². The van der Waals surface area contributed by atoms with Gasteiger partial charge in [-0.25, -0.2) is 0 Å². The summed E-state index contributed by atoms with van der Waals surface area (Å²) in [5, 5.41) is 6.19. The fraction of sp³-hybridized carbons (Fsp3) is 0.481. The topological polar surface area (TPSA) is 61.4 Å². The van der Waals surface area contributed by atoms with Crippen molar-refractivity contribution in [2.45, 2.75) is 50.4 Å². The minimum atomic E-state index is -4.51. The van der Waals surface area contributed by atoms with Gasteiger partial charge in [0.15, 0.2) is 0 Å². The molecule has 2 unspecified atom stereocenters. The van der Waals surface area contributed by atoms with Crippen molar-refractivity contribution in [1.82, 2.24) is 15.5 Å². The van der Waals surface area contributed by atoms with E-state index < -0.39 is 17.6 Å². The molecule has 2 saturated carbocycles. The standard InChI is InChI=1S/C21H26F3N3O2.C6H6.3H2/c22-21(23,24)14-6-4-5-13(9-14)20(29)25-10-18(28)27-11-16-17(12-27)19(16)26-15-7-2-1-3-8-15;1-2-4-6-5-3-1;;;/h4-6,9,15-17,19,26H,1-3,7-8,10-12H2,(H,25,29);1-6H;3*1H/t16-,17?,19?;;;;/m1..../s1. The monoisotopic (exact) mass is 493 g/mol. The lowest BCUT2D eigenvalue weighted by atomic mass is 9.95. The van der Waals surface area contributed by atoms with E-state index in [-0.39, 0.29) is 22.3 Å². The van der Waals surface area contributed by atoms with E-state index >= 15 is 0 Å². The van der Waals surface area contributed by atoms with Crippen molar-refractivity contribution in [2.75, 3.05) is 19.6 Å². The Bertz CT molecular complexity index is 969. The number of likely N-dealkylation sites (tertiary alicyclic amines) is 1. The zero-order valence-corrected chi connectivity index (χ0v) is 19.6. The lowest BCUT2D eigenvalue weighted by Gasteiger charge is -2.26. The summed E-state index contributed by atoms with van der Waals surface area (Å²) < 4.78 is 38.3. The number of alkyl halides is 3. The van der Waals surface area contributed by atoms with Gasteiger partial charge in [0.25, 0.3) is 5.91 Å². The van der Waals surface area contributed by atoms with Crippen LogP contribution in [0.3, 0.4) is 0 Å². The van der Waals surface area contributed by atoms with Gasteiger partial charge < -0.3 is 15.5 Å². The fourth-order valence-corrected chi connectivity index (χ4v) is 5.11. The minimum Gasteiger partial charge on any atom is -0.343 e. The van der Waals surface area contributed by atoms with Crippen molar-refractivity contribution in [1.29, 1.82) is 0 Å². The van der Waals surface area contributed by atoms with Gasteiger partial charge in [0.2, 0.25) is 5.91 Å². The third kappa shape index (κ3) is 6.84. The van der Waals surface area contributed by atoms with Gasteiger partial charge in [-0.15, -0.1) is 0 Å². The maximum atomic E-state index is 12.8. The quantitative estimate of drug-likeness (QED) is 0.599. The number of piperidine rings is 1. The fourth-order valence-electron chi connectivity index (χ4n) is 5.11. The van der Waals surface area contributed by atoms with Crippen molar-refractivity contribution < 1.29 is 27.0 Å². The van der Waals surface area contributed by atoms with Gasteiger partial charge in [-0.3, -0.25) is 9.59 Å². The first kappa shape index (κ1) is 25.2. The number of hydrogen-bond acceptors (Lipinski definition) is 3. The molecule has 0 radical (unpaired) electrons. The Labute approximate surface area is 208 Å². The number of hydrogen-bond donors (Lipinski definition) is 2. The molecule has 3 fully saturated rings. The van der Waals surface area contributed by atoms with E-state index in [1.54, 1.807) is 4.90 Å². The largest absolute Gasteiger partial charge is 0.416 e. The first-order chi connectivity index (χ1) is 16.8. The zero-order valence-electron chi connectivity index (χ0n) is 19.6. The van der Waals surface area contributed by atoms with E-state index in [9.17, 15) is 22.8 Å². The van der Waals surface area contributed by atoms with Gasteiger partial charge in [0.1, 0.15) is 0 Å². The van der Waals surface area contributed by atoms with Crippen molar-refractivity contribution in [3.05, 3.63) is 71.8 Å². The number of amides is 2. The van der Waals surface area contributed by atoms with E-state index in [0.717, 1.165) is 12.1 Å². The molecule has 3 aliphatic rings. The summed E-state index contributed by atoms with van der Waals surface area (Å²) in [6.45, 7) is 1.18. The van der Waals surface area contributed by atoms with Crippen LogP contribution in [0.2, 0.25) is 0 Å². The average molecular weight is 494 g/mol. The summed E-state index contributed by atoms with van der Waals surface area (Å²) in [5.74, 6) is 0.111. The molecule has 3 atom stereocenters. The van der Waals surface area contributed by atoms with Crippen LogP contribution >= 0.6 is 0 Å². The predicted octanol–water partition coefficient (Wildman–Crippen LogP) is 5.24. The Balaban J connectivity index is 0.000000711.